The van der Waals surface area contributed by atoms with Crippen LogP contribution in [0.2, 0.25) is 0 Å². The number of anilines is 1. The summed E-state index contributed by atoms with van der Waals surface area (Å²) in [6.45, 7) is 3.58. The largest absolute Gasteiger partial charge is 0.391 e. The van der Waals surface area contributed by atoms with E-state index in [1.807, 2.05) is 0 Å². The Morgan fingerprint density at radius 1 is 1.32 bits per heavy atom. The maximum absolute atomic E-state index is 10.8. The van der Waals surface area contributed by atoms with Crippen LogP contribution in [0.3, 0.4) is 0 Å². The molecule has 104 valence electrons. The number of aliphatic hydroxyl groups excluding tert-OH is 1. The highest BCUT2D eigenvalue weighted by Crippen LogP contribution is 2.25. The van der Waals surface area contributed by atoms with Gasteiger partial charge in [-0.15, -0.1) is 0 Å². The molecule has 1 saturated heterocycles. The summed E-state index contributed by atoms with van der Waals surface area (Å²) < 4.78 is 0. The van der Waals surface area contributed by atoms with Crippen LogP contribution in [0, 0.1) is 10.1 Å². The fraction of sp³-hybridized carbons (Fsp3) is 0.538. The summed E-state index contributed by atoms with van der Waals surface area (Å²) in [4.78, 5) is 14.9. The zero-order valence-electron chi connectivity index (χ0n) is 11.1. The minimum absolute atomic E-state index is 0.0156. The van der Waals surface area contributed by atoms with Crippen LogP contribution >= 0.6 is 0 Å². The lowest BCUT2D eigenvalue weighted by molar-refractivity contribution is -0.385. The first kappa shape index (κ1) is 13.8. The minimum Gasteiger partial charge on any atom is -0.391 e. The van der Waals surface area contributed by atoms with Gasteiger partial charge >= 0.3 is 0 Å². The third-order valence-corrected chi connectivity index (χ3v) is 3.51. The van der Waals surface area contributed by atoms with Crippen molar-refractivity contribution >= 4 is 11.4 Å². The Balaban J connectivity index is 2.22. The summed E-state index contributed by atoms with van der Waals surface area (Å²) >= 11 is 0. The monoisotopic (exact) mass is 265 g/mol. The molecule has 0 saturated carbocycles. The molecule has 6 heteroatoms. The van der Waals surface area contributed by atoms with Crippen molar-refractivity contribution in [3.8, 4) is 0 Å². The molecule has 0 radical (unpaired) electrons. The predicted molar refractivity (Wildman–Crippen MR) is 73.3 cm³/mol. The number of aliphatic hydroxyl groups is 1. The molecule has 1 aliphatic rings. The van der Waals surface area contributed by atoms with Crippen molar-refractivity contribution in [3.63, 3.8) is 0 Å². The van der Waals surface area contributed by atoms with E-state index < -0.39 is 4.92 Å². The molecule has 0 unspecified atom stereocenters. The average Bonchev–Trinajstić information content (AvgIpc) is 2.62. The van der Waals surface area contributed by atoms with Crippen LogP contribution in [0.4, 0.5) is 11.4 Å². The summed E-state index contributed by atoms with van der Waals surface area (Å²) in [5.74, 6) is 0. The fourth-order valence-corrected chi connectivity index (χ4v) is 2.38. The van der Waals surface area contributed by atoms with Gasteiger partial charge in [0.1, 0.15) is 0 Å². The second-order valence-electron chi connectivity index (χ2n) is 4.87. The van der Waals surface area contributed by atoms with Gasteiger partial charge in [0.2, 0.25) is 0 Å². The van der Waals surface area contributed by atoms with Gasteiger partial charge in [-0.3, -0.25) is 10.1 Å². The molecule has 0 bridgehead atoms. The van der Waals surface area contributed by atoms with Gasteiger partial charge in [-0.2, -0.15) is 0 Å². The molecule has 2 rings (SSSR count). The highest BCUT2D eigenvalue weighted by molar-refractivity contribution is 5.55. The van der Waals surface area contributed by atoms with Crippen LogP contribution in [0.1, 0.15) is 12.0 Å². The molecule has 1 fully saturated rings. The molecule has 0 aromatic heterocycles. The summed E-state index contributed by atoms with van der Waals surface area (Å²) in [5.41, 5.74) is 1.31. The average molecular weight is 265 g/mol. The van der Waals surface area contributed by atoms with E-state index >= 15 is 0 Å². The number of rotatable bonds is 3. The van der Waals surface area contributed by atoms with Crippen molar-refractivity contribution in [1.29, 1.82) is 0 Å². The van der Waals surface area contributed by atoms with Crippen LogP contribution in [0.25, 0.3) is 0 Å². The molecule has 6 nitrogen and oxygen atoms in total. The first-order valence-corrected chi connectivity index (χ1v) is 6.43. The van der Waals surface area contributed by atoms with Gasteiger partial charge in [0.25, 0.3) is 5.69 Å². The lowest BCUT2D eigenvalue weighted by atomic mass is 10.1. The molecule has 0 atom stereocenters. The highest BCUT2D eigenvalue weighted by atomic mass is 16.6. The van der Waals surface area contributed by atoms with E-state index in [0.29, 0.717) is 5.56 Å². The SMILES string of the molecule is CN1CCCN(c2ccc([N+](=O)[O-])c(CO)c2)CC1. The Bertz CT molecular complexity index is 464. The zero-order valence-corrected chi connectivity index (χ0v) is 11.1. The lowest BCUT2D eigenvalue weighted by Gasteiger charge is -2.23. The van der Waals surface area contributed by atoms with Crippen LogP contribution in [-0.2, 0) is 6.61 Å². The Labute approximate surface area is 112 Å². The second kappa shape index (κ2) is 5.99. The zero-order chi connectivity index (χ0) is 13.8. The molecule has 0 aliphatic carbocycles. The Morgan fingerprint density at radius 3 is 2.79 bits per heavy atom. The number of nitro benzene ring substituents is 1. The van der Waals surface area contributed by atoms with Gasteiger partial charge in [0.15, 0.2) is 0 Å². The molecule has 1 aromatic carbocycles. The molecule has 0 amide bonds. The molecule has 0 spiro atoms. The fourth-order valence-electron chi connectivity index (χ4n) is 2.38. The maximum atomic E-state index is 10.8. The van der Waals surface area contributed by atoms with Crippen molar-refractivity contribution in [2.45, 2.75) is 13.0 Å². The van der Waals surface area contributed by atoms with E-state index in [1.54, 1.807) is 12.1 Å². The van der Waals surface area contributed by atoms with E-state index in [0.717, 1.165) is 38.3 Å². The number of likely N-dealkylation sites (N-methyl/N-ethyl adjacent to an activating group) is 1. The van der Waals surface area contributed by atoms with Gasteiger partial charge < -0.3 is 14.9 Å². The number of nitrogens with zero attached hydrogens (tertiary/aromatic N) is 3. The van der Waals surface area contributed by atoms with E-state index in [2.05, 4.69) is 16.8 Å². The van der Waals surface area contributed by atoms with Crippen molar-refractivity contribution in [2.24, 2.45) is 0 Å². The van der Waals surface area contributed by atoms with Gasteiger partial charge in [-0.1, -0.05) is 0 Å². The standard InChI is InChI=1S/C13H19N3O3/c1-14-5-2-6-15(8-7-14)12-3-4-13(16(18)19)11(9-12)10-17/h3-4,9,17H,2,5-8,10H2,1H3. The summed E-state index contributed by atoms with van der Waals surface area (Å²) in [6, 6.07) is 4.97. The third kappa shape index (κ3) is 3.21. The second-order valence-corrected chi connectivity index (χ2v) is 4.87. The molecule has 1 heterocycles. The molecular formula is C13H19N3O3. The first-order chi connectivity index (χ1) is 9.11. The Kier molecular flexibility index (Phi) is 4.34. The number of nitro groups is 1. The van der Waals surface area contributed by atoms with E-state index in [9.17, 15) is 15.2 Å². The summed E-state index contributed by atoms with van der Waals surface area (Å²) in [5, 5.41) is 20.1. The van der Waals surface area contributed by atoms with Crippen molar-refractivity contribution in [2.75, 3.05) is 38.1 Å². The quantitative estimate of drug-likeness (QED) is 0.657. The van der Waals surface area contributed by atoms with Crippen molar-refractivity contribution in [3.05, 3.63) is 33.9 Å². The van der Waals surface area contributed by atoms with E-state index in [1.165, 1.54) is 6.07 Å². The maximum Gasteiger partial charge on any atom is 0.275 e. The molecule has 1 aliphatic heterocycles. The van der Waals surface area contributed by atoms with Crippen molar-refractivity contribution < 1.29 is 10.0 Å². The van der Waals surface area contributed by atoms with Gasteiger partial charge in [-0.05, 0) is 32.1 Å². The predicted octanol–water partition coefficient (Wildman–Crippen LogP) is 1.23. The number of benzene rings is 1. The number of hydrogen-bond donors (Lipinski definition) is 1. The Hall–Kier alpha value is -1.66. The first-order valence-electron chi connectivity index (χ1n) is 6.43. The smallest absolute Gasteiger partial charge is 0.275 e. The lowest BCUT2D eigenvalue weighted by Crippen LogP contribution is -2.28. The normalized spacial score (nSPS) is 17.3. The van der Waals surface area contributed by atoms with Gasteiger partial charge in [0, 0.05) is 31.4 Å². The van der Waals surface area contributed by atoms with Crippen LogP contribution in [-0.4, -0.2) is 48.2 Å². The Morgan fingerprint density at radius 2 is 2.11 bits per heavy atom. The molecule has 19 heavy (non-hydrogen) atoms. The summed E-state index contributed by atoms with van der Waals surface area (Å²) in [6.07, 6.45) is 1.07. The summed E-state index contributed by atoms with van der Waals surface area (Å²) in [7, 11) is 2.10. The van der Waals surface area contributed by atoms with E-state index in [4.69, 9.17) is 0 Å². The highest BCUT2D eigenvalue weighted by Gasteiger charge is 2.17. The molecule has 1 aromatic rings. The molecular weight excluding hydrogens is 246 g/mol. The number of hydrogen-bond acceptors (Lipinski definition) is 5. The van der Waals surface area contributed by atoms with Crippen LogP contribution in [0.5, 0.6) is 0 Å². The third-order valence-electron chi connectivity index (χ3n) is 3.51. The van der Waals surface area contributed by atoms with E-state index in [-0.39, 0.29) is 12.3 Å². The topological polar surface area (TPSA) is 69.9 Å². The minimum atomic E-state index is -0.453. The van der Waals surface area contributed by atoms with Crippen molar-refractivity contribution in [1.82, 2.24) is 4.90 Å². The molecule has 1 N–H and O–H groups in total. The van der Waals surface area contributed by atoms with Gasteiger partial charge in [0.05, 0.1) is 17.1 Å². The van der Waals surface area contributed by atoms with Crippen LogP contribution < -0.4 is 4.90 Å². The van der Waals surface area contributed by atoms with Crippen LogP contribution in [0.15, 0.2) is 18.2 Å². The van der Waals surface area contributed by atoms with Gasteiger partial charge in [-0.25, -0.2) is 0 Å².